The highest BCUT2D eigenvalue weighted by Gasteiger charge is 2.17. The number of fused-ring (bicyclic) bond motifs is 1. The molecule has 1 aliphatic rings. The van der Waals surface area contributed by atoms with Crippen molar-refractivity contribution in [3.63, 3.8) is 0 Å². The van der Waals surface area contributed by atoms with Crippen LogP contribution >= 0.6 is 11.8 Å². The number of nitrogen functional groups attached to an aromatic ring is 1. The van der Waals surface area contributed by atoms with E-state index in [1.807, 2.05) is 16.3 Å². The molecule has 0 aliphatic carbocycles. The Morgan fingerprint density at radius 1 is 1.44 bits per heavy atom. The number of aromatic nitrogens is 2. The van der Waals surface area contributed by atoms with Gasteiger partial charge in [0.1, 0.15) is 5.82 Å². The molecule has 1 unspecified atom stereocenters. The average molecular weight is 265 g/mol. The highest BCUT2D eigenvalue weighted by Crippen LogP contribution is 2.28. The summed E-state index contributed by atoms with van der Waals surface area (Å²) in [6, 6.07) is 4.67. The van der Waals surface area contributed by atoms with Gasteiger partial charge in [0.15, 0.2) is 0 Å². The van der Waals surface area contributed by atoms with Gasteiger partial charge in [-0.2, -0.15) is 11.8 Å². The number of thioether (sulfide) groups is 1. The van der Waals surface area contributed by atoms with Crippen molar-refractivity contribution in [2.24, 2.45) is 0 Å². The molecule has 0 spiro atoms. The molecule has 3 rings (SSSR count). The third kappa shape index (κ3) is 2.19. The minimum absolute atomic E-state index is 0.265. The van der Waals surface area contributed by atoms with E-state index in [1.165, 1.54) is 37.1 Å². The predicted octanol–water partition coefficient (Wildman–Crippen LogP) is 3.04. The quantitative estimate of drug-likeness (QED) is 0.907. The fraction of sp³-hybridized carbons (Fsp3) is 0.462. The van der Waals surface area contributed by atoms with Crippen molar-refractivity contribution >= 4 is 28.7 Å². The van der Waals surface area contributed by atoms with Gasteiger partial charge in [-0.25, -0.2) is 9.37 Å². The SMILES string of the molecule is Nc1nc2cc(F)ccc2n1CC1CCCCS1. The summed E-state index contributed by atoms with van der Waals surface area (Å²) < 4.78 is 15.2. The number of nitrogens with zero attached hydrogens (tertiary/aromatic N) is 2. The van der Waals surface area contributed by atoms with Crippen molar-refractivity contribution in [2.75, 3.05) is 11.5 Å². The number of imidazole rings is 1. The molecule has 2 heterocycles. The van der Waals surface area contributed by atoms with Crippen LogP contribution in [0.2, 0.25) is 0 Å². The maximum Gasteiger partial charge on any atom is 0.201 e. The smallest absolute Gasteiger partial charge is 0.201 e. The van der Waals surface area contributed by atoms with Gasteiger partial charge in [0.25, 0.3) is 0 Å². The summed E-state index contributed by atoms with van der Waals surface area (Å²) in [4.78, 5) is 4.23. The number of benzene rings is 1. The lowest BCUT2D eigenvalue weighted by Crippen LogP contribution is -2.18. The van der Waals surface area contributed by atoms with Crippen molar-refractivity contribution in [1.82, 2.24) is 9.55 Å². The normalized spacial score (nSPS) is 20.4. The Balaban J connectivity index is 1.92. The minimum Gasteiger partial charge on any atom is -0.369 e. The van der Waals surface area contributed by atoms with E-state index < -0.39 is 0 Å². The zero-order valence-electron chi connectivity index (χ0n) is 10.1. The lowest BCUT2D eigenvalue weighted by molar-refractivity contribution is 0.595. The van der Waals surface area contributed by atoms with Crippen LogP contribution in [0.5, 0.6) is 0 Å². The van der Waals surface area contributed by atoms with Crippen LogP contribution in [-0.2, 0) is 6.54 Å². The van der Waals surface area contributed by atoms with Crippen molar-refractivity contribution < 1.29 is 4.39 Å². The summed E-state index contributed by atoms with van der Waals surface area (Å²) >= 11 is 2.00. The lowest BCUT2D eigenvalue weighted by atomic mass is 10.2. The monoisotopic (exact) mass is 265 g/mol. The lowest BCUT2D eigenvalue weighted by Gasteiger charge is -2.22. The van der Waals surface area contributed by atoms with Crippen LogP contribution in [-0.4, -0.2) is 20.6 Å². The van der Waals surface area contributed by atoms with Gasteiger partial charge in [0.05, 0.1) is 11.0 Å². The second kappa shape index (κ2) is 4.80. The molecule has 0 radical (unpaired) electrons. The molecular weight excluding hydrogens is 249 g/mol. The standard InChI is InChI=1S/C13H16FN3S/c14-9-4-5-12-11(7-9)16-13(15)17(12)8-10-3-1-2-6-18-10/h4-5,7,10H,1-3,6,8H2,(H2,15,16). The number of rotatable bonds is 2. The number of hydrogen-bond acceptors (Lipinski definition) is 3. The third-order valence-corrected chi connectivity index (χ3v) is 4.78. The Labute approximate surface area is 110 Å². The van der Waals surface area contributed by atoms with Crippen molar-refractivity contribution in [1.29, 1.82) is 0 Å². The van der Waals surface area contributed by atoms with Crippen LogP contribution < -0.4 is 5.73 Å². The predicted molar refractivity (Wildman–Crippen MR) is 74.2 cm³/mol. The molecule has 2 N–H and O–H groups in total. The van der Waals surface area contributed by atoms with Crippen LogP contribution in [0.4, 0.5) is 10.3 Å². The van der Waals surface area contributed by atoms with Crippen LogP contribution in [0.1, 0.15) is 19.3 Å². The zero-order chi connectivity index (χ0) is 12.5. The van der Waals surface area contributed by atoms with Crippen LogP contribution in [0.3, 0.4) is 0 Å². The summed E-state index contributed by atoms with van der Waals surface area (Å²) in [5.74, 6) is 1.45. The van der Waals surface area contributed by atoms with E-state index in [1.54, 1.807) is 6.07 Å². The molecular formula is C13H16FN3S. The van der Waals surface area contributed by atoms with Crippen molar-refractivity contribution in [3.05, 3.63) is 24.0 Å². The van der Waals surface area contributed by atoms with Gasteiger partial charge in [-0.05, 0) is 30.7 Å². The first-order chi connectivity index (χ1) is 8.74. The Hall–Kier alpha value is -1.23. The second-order valence-corrected chi connectivity index (χ2v) is 6.11. The molecule has 0 amide bonds. The van der Waals surface area contributed by atoms with Gasteiger partial charge < -0.3 is 10.3 Å². The molecule has 1 aromatic heterocycles. The first kappa shape index (κ1) is 11.8. The van der Waals surface area contributed by atoms with Gasteiger partial charge >= 0.3 is 0 Å². The summed E-state index contributed by atoms with van der Waals surface area (Å²) in [5.41, 5.74) is 7.52. The van der Waals surface area contributed by atoms with Crippen molar-refractivity contribution in [3.8, 4) is 0 Å². The van der Waals surface area contributed by atoms with Gasteiger partial charge in [0.2, 0.25) is 5.95 Å². The molecule has 5 heteroatoms. The molecule has 1 aliphatic heterocycles. The molecule has 96 valence electrons. The molecule has 1 fully saturated rings. The van der Waals surface area contributed by atoms with E-state index in [4.69, 9.17) is 5.73 Å². The first-order valence-electron chi connectivity index (χ1n) is 6.27. The molecule has 0 bridgehead atoms. The highest BCUT2D eigenvalue weighted by atomic mass is 32.2. The van der Waals surface area contributed by atoms with Gasteiger partial charge in [-0.15, -0.1) is 0 Å². The maximum absolute atomic E-state index is 13.1. The molecule has 0 saturated carbocycles. The summed E-state index contributed by atoms with van der Waals surface area (Å²) in [7, 11) is 0. The molecule has 2 aromatic rings. The molecule has 1 atom stereocenters. The van der Waals surface area contributed by atoms with Gasteiger partial charge in [-0.3, -0.25) is 0 Å². The number of hydrogen-bond donors (Lipinski definition) is 1. The Kier molecular flexibility index (Phi) is 3.16. The van der Waals surface area contributed by atoms with Gasteiger partial charge in [-0.1, -0.05) is 6.42 Å². The number of halogens is 1. The van der Waals surface area contributed by atoms with Crippen molar-refractivity contribution in [2.45, 2.75) is 31.1 Å². The van der Waals surface area contributed by atoms with E-state index in [-0.39, 0.29) is 5.82 Å². The van der Waals surface area contributed by atoms with Crippen LogP contribution in [0, 0.1) is 5.82 Å². The summed E-state index contributed by atoms with van der Waals surface area (Å²) in [6.07, 6.45) is 3.83. The van der Waals surface area contributed by atoms with Crippen LogP contribution in [0.15, 0.2) is 18.2 Å². The van der Waals surface area contributed by atoms with E-state index >= 15 is 0 Å². The van der Waals surface area contributed by atoms with E-state index in [0.29, 0.717) is 16.7 Å². The van der Waals surface area contributed by atoms with E-state index in [2.05, 4.69) is 4.98 Å². The van der Waals surface area contributed by atoms with Crippen LogP contribution in [0.25, 0.3) is 11.0 Å². The number of nitrogens with two attached hydrogens (primary N) is 1. The third-order valence-electron chi connectivity index (χ3n) is 3.40. The Morgan fingerprint density at radius 2 is 2.33 bits per heavy atom. The molecule has 1 saturated heterocycles. The maximum atomic E-state index is 13.1. The van der Waals surface area contributed by atoms with E-state index in [0.717, 1.165) is 12.1 Å². The fourth-order valence-electron chi connectivity index (χ4n) is 2.47. The summed E-state index contributed by atoms with van der Waals surface area (Å²) in [6.45, 7) is 0.874. The van der Waals surface area contributed by atoms with Gasteiger partial charge in [0, 0.05) is 17.9 Å². The topological polar surface area (TPSA) is 43.8 Å². The molecule has 1 aromatic carbocycles. The molecule has 18 heavy (non-hydrogen) atoms. The summed E-state index contributed by atoms with van der Waals surface area (Å²) in [5, 5.41) is 0.600. The largest absolute Gasteiger partial charge is 0.369 e. The number of anilines is 1. The second-order valence-electron chi connectivity index (χ2n) is 4.70. The minimum atomic E-state index is -0.265. The average Bonchev–Trinajstić information content (AvgIpc) is 2.66. The highest BCUT2D eigenvalue weighted by molar-refractivity contribution is 7.99. The zero-order valence-corrected chi connectivity index (χ0v) is 10.9. The molecule has 3 nitrogen and oxygen atoms in total. The first-order valence-corrected chi connectivity index (χ1v) is 7.32. The van der Waals surface area contributed by atoms with E-state index in [9.17, 15) is 4.39 Å². The Morgan fingerprint density at radius 3 is 3.11 bits per heavy atom. The Bertz CT molecular complexity index is 561. The fourth-order valence-corrected chi connectivity index (χ4v) is 3.76.